The van der Waals surface area contributed by atoms with Crippen LogP contribution in [0.5, 0.6) is 11.5 Å². The molecule has 4 rings (SSSR count). The fourth-order valence-electron chi connectivity index (χ4n) is 3.17. The molecule has 0 aliphatic carbocycles. The minimum Gasteiger partial charge on any atom is -0.457 e. The van der Waals surface area contributed by atoms with Crippen molar-refractivity contribution in [3.05, 3.63) is 95.3 Å². The number of amides is 5. The summed E-state index contributed by atoms with van der Waals surface area (Å²) in [4.78, 5) is 48.0. The van der Waals surface area contributed by atoms with E-state index >= 15 is 0 Å². The molecular formula is C24H18FN3O5. The first-order valence-corrected chi connectivity index (χ1v) is 9.95. The quantitative estimate of drug-likeness (QED) is 0.428. The summed E-state index contributed by atoms with van der Waals surface area (Å²) in [6.07, 6.45) is 0. The van der Waals surface area contributed by atoms with Crippen molar-refractivity contribution >= 4 is 23.8 Å². The fraction of sp³-hybridized carbons (Fsp3) is 0.0833. The molecule has 1 saturated heterocycles. The molecule has 5 amide bonds. The molecule has 33 heavy (non-hydrogen) atoms. The van der Waals surface area contributed by atoms with Crippen molar-refractivity contribution < 1.29 is 28.3 Å². The largest absolute Gasteiger partial charge is 0.457 e. The van der Waals surface area contributed by atoms with Gasteiger partial charge in [-0.3, -0.25) is 24.6 Å². The summed E-state index contributed by atoms with van der Waals surface area (Å²) in [6, 6.07) is 18.4. The van der Waals surface area contributed by atoms with Crippen molar-refractivity contribution in [3.63, 3.8) is 0 Å². The fourth-order valence-corrected chi connectivity index (χ4v) is 3.17. The highest BCUT2D eigenvalue weighted by Gasteiger charge is 2.36. The summed E-state index contributed by atoms with van der Waals surface area (Å²) >= 11 is 0. The highest BCUT2D eigenvalue weighted by Crippen LogP contribution is 2.22. The lowest BCUT2D eigenvalue weighted by Crippen LogP contribution is -2.30. The summed E-state index contributed by atoms with van der Waals surface area (Å²) in [7, 11) is 0. The van der Waals surface area contributed by atoms with Crippen LogP contribution >= 0.6 is 0 Å². The molecule has 1 fully saturated rings. The highest BCUT2D eigenvalue weighted by molar-refractivity contribution is 6.44. The first-order valence-electron chi connectivity index (χ1n) is 9.95. The van der Waals surface area contributed by atoms with Gasteiger partial charge in [0.15, 0.2) is 0 Å². The third kappa shape index (κ3) is 5.21. The van der Waals surface area contributed by atoms with Crippen molar-refractivity contribution in [1.82, 2.24) is 15.5 Å². The van der Waals surface area contributed by atoms with E-state index in [1.807, 2.05) is 5.32 Å². The van der Waals surface area contributed by atoms with Crippen LogP contribution in [0.2, 0.25) is 0 Å². The van der Waals surface area contributed by atoms with E-state index < -0.39 is 17.8 Å². The van der Waals surface area contributed by atoms with E-state index in [0.717, 1.165) is 10.5 Å². The van der Waals surface area contributed by atoms with Gasteiger partial charge in [0.05, 0.1) is 6.54 Å². The number of urea groups is 1. The Morgan fingerprint density at radius 2 is 1.58 bits per heavy atom. The van der Waals surface area contributed by atoms with Gasteiger partial charge in [0.1, 0.15) is 17.3 Å². The van der Waals surface area contributed by atoms with Crippen LogP contribution in [0.15, 0.2) is 72.8 Å². The van der Waals surface area contributed by atoms with E-state index in [1.165, 1.54) is 24.3 Å². The Hall–Kier alpha value is -4.53. The molecule has 8 nitrogen and oxygen atoms in total. The van der Waals surface area contributed by atoms with Gasteiger partial charge < -0.3 is 10.1 Å². The molecule has 0 atom stereocenters. The predicted molar refractivity (Wildman–Crippen MR) is 115 cm³/mol. The smallest absolute Gasteiger partial charge is 0.331 e. The van der Waals surface area contributed by atoms with E-state index in [-0.39, 0.29) is 24.8 Å². The lowest BCUT2D eigenvalue weighted by atomic mass is 10.1. The van der Waals surface area contributed by atoms with E-state index in [0.29, 0.717) is 22.6 Å². The summed E-state index contributed by atoms with van der Waals surface area (Å²) in [5, 5.41) is 4.73. The summed E-state index contributed by atoms with van der Waals surface area (Å²) < 4.78 is 18.6. The Labute approximate surface area is 188 Å². The number of imide groups is 2. The maximum absolute atomic E-state index is 13.0. The van der Waals surface area contributed by atoms with Crippen molar-refractivity contribution in [3.8, 4) is 11.5 Å². The monoisotopic (exact) mass is 447 g/mol. The van der Waals surface area contributed by atoms with Gasteiger partial charge in [0, 0.05) is 12.1 Å². The van der Waals surface area contributed by atoms with Gasteiger partial charge in [0.25, 0.3) is 5.91 Å². The Morgan fingerprint density at radius 3 is 2.21 bits per heavy atom. The van der Waals surface area contributed by atoms with Gasteiger partial charge in [-0.1, -0.05) is 24.3 Å². The predicted octanol–water partition coefficient (Wildman–Crippen LogP) is 3.13. The van der Waals surface area contributed by atoms with Crippen LogP contribution in [0, 0.1) is 5.82 Å². The first kappa shape index (κ1) is 21.7. The molecule has 0 aromatic heterocycles. The number of carbonyl (C=O) groups excluding carboxylic acids is 4. The zero-order chi connectivity index (χ0) is 23.4. The lowest BCUT2D eigenvalue weighted by Gasteiger charge is -2.12. The second kappa shape index (κ2) is 9.31. The normalized spacial score (nSPS) is 13.1. The topological polar surface area (TPSA) is 105 Å². The van der Waals surface area contributed by atoms with Gasteiger partial charge in [0.2, 0.25) is 0 Å². The van der Waals surface area contributed by atoms with Gasteiger partial charge in [-0.25, -0.2) is 9.18 Å². The standard InChI is InChI=1S/C24H18FN3O5/c25-18-6-10-20(11-7-18)33-19-8-4-15(5-9-19)13-26-21(29)17-3-1-2-16(12-17)14-28-23(31)22(30)27-24(28)32/h1-12H,13-14H2,(H,26,29)(H,27,30,32). The minimum absolute atomic E-state index is 0.118. The minimum atomic E-state index is -0.969. The Kier molecular flexibility index (Phi) is 6.12. The highest BCUT2D eigenvalue weighted by atomic mass is 19.1. The molecule has 3 aromatic carbocycles. The summed E-state index contributed by atoms with van der Waals surface area (Å²) in [5.74, 6) is -1.50. The van der Waals surface area contributed by atoms with Gasteiger partial charge in [-0.05, 0) is 59.7 Å². The zero-order valence-corrected chi connectivity index (χ0v) is 17.2. The number of rotatable bonds is 7. The SMILES string of the molecule is O=C1NC(=O)N(Cc2cccc(C(=O)NCc3ccc(Oc4ccc(F)cc4)cc3)c2)C1=O. The van der Waals surface area contributed by atoms with E-state index in [1.54, 1.807) is 48.5 Å². The molecule has 1 aliphatic rings. The number of hydrogen-bond donors (Lipinski definition) is 2. The molecule has 3 aromatic rings. The van der Waals surface area contributed by atoms with Crippen molar-refractivity contribution in [2.75, 3.05) is 0 Å². The number of ether oxygens (including phenoxy) is 1. The van der Waals surface area contributed by atoms with Gasteiger partial charge >= 0.3 is 17.8 Å². The van der Waals surface area contributed by atoms with Gasteiger partial charge in [-0.15, -0.1) is 0 Å². The number of nitrogens with one attached hydrogen (secondary N) is 2. The second-order valence-corrected chi connectivity index (χ2v) is 7.23. The third-order valence-corrected chi connectivity index (χ3v) is 4.86. The number of carbonyl (C=O) groups is 4. The Bertz CT molecular complexity index is 1230. The van der Waals surface area contributed by atoms with E-state index in [2.05, 4.69) is 5.32 Å². The molecule has 166 valence electrons. The Balaban J connectivity index is 1.33. The van der Waals surface area contributed by atoms with Crippen LogP contribution in [0.1, 0.15) is 21.5 Å². The van der Waals surface area contributed by atoms with Crippen molar-refractivity contribution in [2.45, 2.75) is 13.1 Å². The number of halogens is 1. The maximum Gasteiger partial charge on any atom is 0.331 e. The lowest BCUT2D eigenvalue weighted by molar-refractivity contribution is -0.140. The average molecular weight is 447 g/mol. The summed E-state index contributed by atoms with van der Waals surface area (Å²) in [6.45, 7) is 0.147. The van der Waals surface area contributed by atoms with Crippen LogP contribution < -0.4 is 15.4 Å². The van der Waals surface area contributed by atoms with Crippen LogP contribution in [0.25, 0.3) is 0 Å². The van der Waals surface area contributed by atoms with Crippen LogP contribution in [0.3, 0.4) is 0 Å². The summed E-state index contributed by atoms with van der Waals surface area (Å²) in [5.41, 5.74) is 1.72. The van der Waals surface area contributed by atoms with Crippen molar-refractivity contribution in [2.24, 2.45) is 0 Å². The zero-order valence-electron chi connectivity index (χ0n) is 17.2. The molecule has 1 heterocycles. The molecule has 0 unspecified atom stereocenters. The van der Waals surface area contributed by atoms with Crippen LogP contribution in [0.4, 0.5) is 9.18 Å². The number of benzene rings is 3. The van der Waals surface area contributed by atoms with Crippen LogP contribution in [-0.2, 0) is 22.7 Å². The van der Waals surface area contributed by atoms with Crippen molar-refractivity contribution in [1.29, 1.82) is 0 Å². The number of hydrogen-bond acceptors (Lipinski definition) is 5. The first-order chi connectivity index (χ1) is 15.9. The molecule has 0 spiro atoms. The maximum atomic E-state index is 13.0. The molecule has 2 N–H and O–H groups in total. The molecule has 1 aliphatic heterocycles. The van der Waals surface area contributed by atoms with E-state index in [9.17, 15) is 23.6 Å². The third-order valence-electron chi connectivity index (χ3n) is 4.86. The number of nitrogens with zero attached hydrogens (tertiary/aromatic N) is 1. The van der Waals surface area contributed by atoms with Gasteiger partial charge in [-0.2, -0.15) is 0 Å². The van der Waals surface area contributed by atoms with Crippen LogP contribution in [-0.4, -0.2) is 28.7 Å². The molecular weight excluding hydrogens is 429 g/mol. The molecule has 0 radical (unpaired) electrons. The molecule has 9 heteroatoms. The second-order valence-electron chi connectivity index (χ2n) is 7.23. The Morgan fingerprint density at radius 1 is 0.909 bits per heavy atom. The molecule has 0 bridgehead atoms. The average Bonchev–Trinajstić information content (AvgIpc) is 3.06. The van der Waals surface area contributed by atoms with E-state index in [4.69, 9.17) is 4.74 Å². The molecule has 0 saturated carbocycles.